The summed E-state index contributed by atoms with van der Waals surface area (Å²) in [7, 11) is -4.00. The Bertz CT molecular complexity index is 1110. The normalized spacial score (nSPS) is 12.3. The first-order valence-corrected chi connectivity index (χ1v) is 13.2. The van der Waals surface area contributed by atoms with E-state index in [0.29, 0.717) is 27.9 Å². The average Bonchev–Trinajstić information content (AvgIpc) is 2.76. The molecular formula is C24H31ClFN3O4S. The van der Waals surface area contributed by atoms with Gasteiger partial charge in [-0.3, -0.25) is 13.9 Å². The van der Waals surface area contributed by atoms with E-state index >= 15 is 0 Å². The zero-order chi connectivity index (χ0) is 25.5. The zero-order valence-electron chi connectivity index (χ0n) is 19.8. The van der Waals surface area contributed by atoms with E-state index in [1.165, 1.54) is 23.1 Å². The molecule has 0 spiro atoms. The van der Waals surface area contributed by atoms with Crippen molar-refractivity contribution in [2.75, 3.05) is 23.7 Å². The van der Waals surface area contributed by atoms with E-state index in [1.807, 2.05) is 13.8 Å². The van der Waals surface area contributed by atoms with E-state index < -0.39 is 34.3 Å². The largest absolute Gasteiger partial charge is 0.354 e. The zero-order valence-corrected chi connectivity index (χ0v) is 21.4. The Hall–Kier alpha value is -2.65. The van der Waals surface area contributed by atoms with Crippen LogP contribution in [0.2, 0.25) is 5.02 Å². The quantitative estimate of drug-likeness (QED) is 0.497. The molecule has 0 saturated carbocycles. The van der Waals surface area contributed by atoms with Crippen molar-refractivity contribution in [2.45, 2.75) is 39.8 Å². The van der Waals surface area contributed by atoms with Crippen LogP contribution >= 0.6 is 11.6 Å². The van der Waals surface area contributed by atoms with Gasteiger partial charge in [-0.05, 0) is 36.1 Å². The van der Waals surface area contributed by atoms with Crippen LogP contribution in [-0.4, -0.2) is 50.5 Å². The standard InChI is InChI=1S/C24H31ClFN3O4S/c1-5-21(24(31)27-14-17(2)3)28(15-18-10-6-7-11-19(18)25)23(30)16-29(34(4,32)33)22-13-9-8-12-20(22)26/h6-13,17,21H,5,14-16H2,1-4H3,(H,27,31). The maximum atomic E-state index is 14.4. The third-order valence-corrected chi connectivity index (χ3v) is 6.66. The molecule has 7 nitrogen and oxygen atoms in total. The van der Waals surface area contributed by atoms with Gasteiger partial charge in [0.15, 0.2) is 0 Å². The molecule has 186 valence electrons. The number of carbonyl (C=O) groups excluding carboxylic acids is 2. The minimum absolute atomic E-state index is 0.0129. The second-order valence-electron chi connectivity index (χ2n) is 8.40. The monoisotopic (exact) mass is 511 g/mol. The second kappa shape index (κ2) is 12.2. The molecule has 10 heteroatoms. The van der Waals surface area contributed by atoms with Gasteiger partial charge in [-0.1, -0.05) is 62.7 Å². The number of sulfonamides is 1. The van der Waals surface area contributed by atoms with E-state index in [4.69, 9.17) is 11.6 Å². The first-order valence-electron chi connectivity index (χ1n) is 11.0. The number of hydrogen-bond donors (Lipinski definition) is 1. The van der Waals surface area contributed by atoms with Crippen LogP contribution in [0.5, 0.6) is 0 Å². The number of nitrogens with one attached hydrogen (secondary N) is 1. The molecule has 0 heterocycles. The summed E-state index contributed by atoms with van der Waals surface area (Å²) in [5, 5.41) is 3.24. The molecular weight excluding hydrogens is 481 g/mol. The van der Waals surface area contributed by atoms with Crippen molar-refractivity contribution in [1.29, 1.82) is 0 Å². The van der Waals surface area contributed by atoms with Crippen molar-refractivity contribution in [1.82, 2.24) is 10.2 Å². The predicted molar refractivity (Wildman–Crippen MR) is 133 cm³/mol. The lowest BCUT2D eigenvalue weighted by molar-refractivity contribution is -0.140. The molecule has 0 aromatic heterocycles. The van der Waals surface area contributed by atoms with E-state index in [1.54, 1.807) is 31.2 Å². The Morgan fingerprint density at radius 3 is 2.26 bits per heavy atom. The van der Waals surface area contributed by atoms with E-state index in [-0.39, 0.29) is 24.1 Å². The number of carbonyl (C=O) groups is 2. The Morgan fingerprint density at radius 2 is 1.71 bits per heavy atom. The highest BCUT2D eigenvalue weighted by atomic mass is 35.5. The van der Waals surface area contributed by atoms with Crippen molar-refractivity contribution < 1.29 is 22.4 Å². The van der Waals surface area contributed by atoms with Crippen molar-refractivity contribution >= 4 is 39.1 Å². The molecule has 0 aliphatic rings. The molecule has 2 amide bonds. The molecule has 2 aromatic carbocycles. The number of rotatable bonds is 11. The number of hydrogen-bond acceptors (Lipinski definition) is 4. The number of para-hydroxylation sites is 1. The molecule has 0 aliphatic carbocycles. The predicted octanol–water partition coefficient (Wildman–Crippen LogP) is 3.82. The van der Waals surface area contributed by atoms with Gasteiger partial charge in [0.1, 0.15) is 18.4 Å². The SMILES string of the molecule is CCC(C(=O)NCC(C)C)N(Cc1ccccc1Cl)C(=O)CN(c1ccccc1F)S(C)(=O)=O. The summed E-state index contributed by atoms with van der Waals surface area (Å²) < 4.78 is 40.1. The van der Waals surface area contributed by atoms with Crippen LogP contribution in [-0.2, 0) is 26.2 Å². The molecule has 0 aliphatic heterocycles. The van der Waals surface area contributed by atoms with Crippen molar-refractivity contribution in [3.63, 3.8) is 0 Å². The highest BCUT2D eigenvalue weighted by Crippen LogP contribution is 2.24. The summed E-state index contributed by atoms with van der Waals surface area (Å²) in [6.45, 7) is 5.41. The maximum Gasteiger partial charge on any atom is 0.244 e. The minimum Gasteiger partial charge on any atom is -0.354 e. The van der Waals surface area contributed by atoms with Crippen LogP contribution in [0.25, 0.3) is 0 Å². The van der Waals surface area contributed by atoms with Gasteiger partial charge in [0.25, 0.3) is 0 Å². The summed E-state index contributed by atoms with van der Waals surface area (Å²) in [6, 6.07) is 11.3. The summed E-state index contributed by atoms with van der Waals surface area (Å²) in [5.41, 5.74) is 0.359. The van der Waals surface area contributed by atoms with Gasteiger partial charge in [0.2, 0.25) is 21.8 Å². The van der Waals surface area contributed by atoms with Crippen LogP contribution in [0.15, 0.2) is 48.5 Å². The molecule has 2 aromatic rings. The number of amides is 2. The van der Waals surface area contributed by atoms with Crippen LogP contribution in [0.4, 0.5) is 10.1 Å². The van der Waals surface area contributed by atoms with Gasteiger partial charge >= 0.3 is 0 Å². The highest BCUT2D eigenvalue weighted by molar-refractivity contribution is 7.92. The lowest BCUT2D eigenvalue weighted by Crippen LogP contribution is -2.52. The summed E-state index contributed by atoms with van der Waals surface area (Å²) in [4.78, 5) is 27.8. The van der Waals surface area contributed by atoms with Gasteiger partial charge in [-0.2, -0.15) is 0 Å². The molecule has 2 rings (SSSR count). The number of halogens is 2. The average molecular weight is 512 g/mol. The Labute approximate surface area is 205 Å². The maximum absolute atomic E-state index is 14.4. The van der Waals surface area contributed by atoms with Gasteiger partial charge < -0.3 is 10.2 Å². The Morgan fingerprint density at radius 1 is 1.09 bits per heavy atom. The fourth-order valence-electron chi connectivity index (χ4n) is 3.40. The molecule has 0 radical (unpaired) electrons. The van der Waals surface area contributed by atoms with Crippen molar-refractivity contribution in [3.05, 3.63) is 64.9 Å². The summed E-state index contributed by atoms with van der Waals surface area (Å²) in [5.74, 6) is -1.58. The summed E-state index contributed by atoms with van der Waals surface area (Å²) in [6.07, 6.45) is 1.19. The minimum atomic E-state index is -4.00. The second-order valence-corrected chi connectivity index (χ2v) is 10.7. The van der Waals surface area contributed by atoms with Crippen molar-refractivity contribution in [3.8, 4) is 0 Å². The number of anilines is 1. The third kappa shape index (κ3) is 7.43. The molecule has 34 heavy (non-hydrogen) atoms. The van der Waals surface area contributed by atoms with Crippen LogP contribution in [0.1, 0.15) is 32.8 Å². The lowest BCUT2D eigenvalue weighted by Gasteiger charge is -2.33. The fraction of sp³-hybridized carbons (Fsp3) is 0.417. The third-order valence-electron chi connectivity index (χ3n) is 5.17. The van der Waals surface area contributed by atoms with E-state index in [9.17, 15) is 22.4 Å². The molecule has 0 bridgehead atoms. The number of nitrogens with zero attached hydrogens (tertiary/aromatic N) is 2. The first kappa shape index (κ1) is 27.6. The molecule has 1 unspecified atom stereocenters. The summed E-state index contributed by atoms with van der Waals surface area (Å²) >= 11 is 6.30. The molecule has 0 fully saturated rings. The smallest absolute Gasteiger partial charge is 0.244 e. The first-order chi connectivity index (χ1) is 16.0. The Balaban J connectivity index is 2.45. The van der Waals surface area contributed by atoms with E-state index in [2.05, 4.69) is 5.32 Å². The molecule has 1 N–H and O–H groups in total. The van der Waals surface area contributed by atoms with Gasteiger partial charge in [0.05, 0.1) is 11.9 Å². The Kier molecular flexibility index (Phi) is 9.88. The van der Waals surface area contributed by atoms with Crippen LogP contribution in [0, 0.1) is 11.7 Å². The lowest BCUT2D eigenvalue weighted by atomic mass is 10.1. The topological polar surface area (TPSA) is 86.8 Å². The van der Waals surface area contributed by atoms with Crippen LogP contribution in [0.3, 0.4) is 0 Å². The van der Waals surface area contributed by atoms with Gasteiger partial charge in [-0.15, -0.1) is 0 Å². The van der Waals surface area contributed by atoms with Gasteiger partial charge in [-0.25, -0.2) is 12.8 Å². The van der Waals surface area contributed by atoms with Gasteiger partial charge in [0, 0.05) is 18.1 Å². The van der Waals surface area contributed by atoms with Crippen LogP contribution < -0.4 is 9.62 Å². The van der Waals surface area contributed by atoms with Crippen molar-refractivity contribution in [2.24, 2.45) is 5.92 Å². The number of benzene rings is 2. The molecule has 0 saturated heterocycles. The fourth-order valence-corrected chi connectivity index (χ4v) is 4.45. The molecule has 1 atom stereocenters. The van der Waals surface area contributed by atoms with E-state index in [0.717, 1.165) is 12.3 Å². The highest BCUT2D eigenvalue weighted by Gasteiger charge is 2.32.